The Morgan fingerprint density at radius 1 is 0.658 bits per heavy atom. The number of thiazole rings is 1. The molecule has 9 aromatic rings. The lowest BCUT2D eigenvalue weighted by molar-refractivity contribution is -0.162. The fraction of sp³-hybridized carbons (Fsp3) is 0.136. The fourth-order valence-electron chi connectivity index (χ4n) is 10.6. The molecule has 1 aromatic heterocycles. The van der Waals surface area contributed by atoms with Crippen LogP contribution in [0.4, 0.5) is 5.13 Å². The number of amides is 2. The molecule has 0 saturated carbocycles. The number of hydrogen-bond acceptors (Lipinski definition) is 10. The van der Waals surface area contributed by atoms with Crippen LogP contribution in [0.15, 0.2) is 265 Å². The van der Waals surface area contributed by atoms with Gasteiger partial charge in [0, 0.05) is 38.8 Å². The molecule has 3 heterocycles. The molecule has 0 radical (unpaired) electrons. The largest absolute Gasteiger partial charge is 0.452 e. The fourth-order valence-corrected chi connectivity index (χ4v) is 13.1. The number of halogens is 1. The number of esters is 1. The predicted octanol–water partition coefficient (Wildman–Crippen LogP) is 13.0. The molecule has 8 aromatic carbocycles. The van der Waals surface area contributed by atoms with Gasteiger partial charge in [0.05, 0.1) is 0 Å². The average Bonchev–Trinajstić information content (AvgIpc) is 4.15. The second-order valence-corrected chi connectivity index (χ2v) is 22.1. The van der Waals surface area contributed by atoms with Gasteiger partial charge in [-0.15, -0.1) is 23.1 Å². The monoisotopic (exact) mass is 1190 g/mol. The Balaban J connectivity index is 0.954. The second kappa shape index (κ2) is 23.9. The molecule has 392 valence electrons. The Kier molecular flexibility index (Phi) is 16.0. The average molecular weight is 1190 g/mol. The van der Waals surface area contributed by atoms with Crippen LogP contribution < -0.4 is 10.6 Å². The first-order valence-corrected chi connectivity index (χ1v) is 29.4. The number of benzene rings is 8. The molecule has 0 aliphatic carbocycles. The van der Waals surface area contributed by atoms with Gasteiger partial charge in [0.1, 0.15) is 28.1 Å². The second-order valence-electron chi connectivity index (χ2n) is 19.3. The molecule has 2 saturated heterocycles. The first kappa shape index (κ1) is 52.9. The highest BCUT2D eigenvalue weighted by Crippen LogP contribution is 2.46. The Bertz CT molecular complexity index is 3330. The van der Waals surface area contributed by atoms with E-state index in [1.165, 1.54) is 23.1 Å². The number of nitrogens with zero attached hydrogens (tertiary/aromatic N) is 3. The summed E-state index contributed by atoms with van der Waals surface area (Å²) in [7, 11) is 0. The molecule has 2 aliphatic heterocycles. The molecule has 3 atom stereocenters. The maximum atomic E-state index is 15.4. The van der Waals surface area contributed by atoms with Gasteiger partial charge >= 0.3 is 5.97 Å². The van der Waals surface area contributed by atoms with E-state index >= 15 is 4.79 Å². The van der Waals surface area contributed by atoms with Crippen molar-refractivity contribution < 1.29 is 24.0 Å². The molecule has 0 bridgehead atoms. The van der Waals surface area contributed by atoms with Gasteiger partial charge in [0.2, 0.25) is 11.5 Å². The van der Waals surface area contributed by atoms with E-state index in [-0.39, 0.29) is 23.9 Å². The minimum Gasteiger partial charge on any atom is -0.452 e. The third-order valence-electron chi connectivity index (χ3n) is 14.4. The topological polar surface area (TPSA) is 122 Å². The number of thioether (sulfide) groups is 1. The summed E-state index contributed by atoms with van der Waals surface area (Å²) in [5, 5.41) is 13.6. The van der Waals surface area contributed by atoms with Crippen LogP contribution in [0.25, 0.3) is 0 Å². The Labute approximate surface area is 481 Å². The Hall–Kier alpha value is -8.11. The number of anilines is 1. The minimum absolute atomic E-state index is 0.0725. The zero-order chi connectivity index (χ0) is 54.1. The maximum absolute atomic E-state index is 15.4. The van der Waals surface area contributed by atoms with Gasteiger partial charge in [-0.05, 0) is 27.8 Å². The SMILES string of the molecule is O=C(NC1C(=O)N2CC(C=CCI)(C(=O)OC(c3ccccc3)c3ccccc3)CS[C@H]12)C(=NOC(c1ccccc1)(c1ccccc1)c1ccccc1)c1csc(NC(c2ccccc2)(c2ccccc2)c2ccccc2)n1. The van der Waals surface area contributed by atoms with E-state index in [0.29, 0.717) is 15.3 Å². The van der Waals surface area contributed by atoms with Crippen LogP contribution in [0.1, 0.15) is 56.3 Å². The van der Waals surface area contributed by atoms with Crippen LogP contribution in [-0.4, -0.2) is 61.5 Å². The van der Waals surface area contributed by atoms with Crippen molar-refractivity contribution in [3.8, 4) is 0 Å². The quantitative estimate of drug-likeness (QED) is 0.0120. The zero-order valence-electron chi connectivity index (χ0n) is 42.8. The van der Waals surface area contributed by atoms with Gasteiger partial charge in [0.15, 0.2) is 16.9 Å². The van der Waals surface area contributed by atoms with E-state index in [1.54, 1.807) is 10.3 Å². The van der Waals surface area contributed by atoms with E-state index in [1.807, 2.05) is 218 Å². The summed E-state index contributed by atoms with van der Waals surface area (Å²) in [5.74, 6) is -1.12. The smallest absolute Gasteiger partial charge is 0.319 e. The van der Waals surface area contributed by atoms with Crippen LogP contribution in [0.5, 0.6) is 0 Å². The summed E-state index contributed by atoms with van der Waals surface area (Å²) >= 11 is 5.01. The predicted molar refractivity (Wildman–Crippen MR) is 323 cm³/mol. The molecule has 2 fully saturated rings. The number of β-lactam (4-membered cyclic amide) rings is 1. The van der Waals surface area contributed by atoms with Gasteiger partial charge in [-0.3, -0.25) is 14.4 Å². The Morgan fingerprint density at radius 2 is 1.09 bits per heavy atom. The summed E-state index contributed by atoms with van der Waals surface area (Å²) in [6.45, 7) is 0.0725. The van der Waals surface area contributed by atoms with Crippen molar-refractivity contribution in [2.75, 3.05) is 22.0 Å². The van der Waals surface area contributed by atoms with Crippen molar-refractivity contribution in [3.05, 3.63) is 310 Å². The normalized spacial score (nSPS) is 17.4. The van der Waals surface area contributed by atoms with Crippen LogP contribution >= 0.6 is 45.7 Å². The summed E-state index contributed by atoms with van der Waals surface area (Å²) < 4.78 is 7.13. The maximum Gasteiger partial charge on any atom is 0.319 e. The van der Waals surface area contributed by atoms with Gasteiger partial charge in [-0.25, -0.2) is 4.98 Å². The lowest BCUT2D eigenvalue weighted by Gasteiger charge is -2.53. The van der Waals surface area contributed by atoms with Gasteiger partial charge < -0.3 is 25.1 Å². The van der Waals surface area contributed by atoms with E-state index in [2.05, 4.69) is 69.6 Å². The number of nitrogens with one attached hydrogen (secondary N) is 2. The van der Waals surface area contributed by atoms with Crippen LogP contribution in [0.3, 0.4) is 0 Å². The molecule has 13 heteroatoms. The van der Waals surface area contributed by atoms with Crippen molar-refractivity contribution in [3.63, 3.8) is 0 Å². The molecule has 2 N–H and O–H groups in total. The number of aromatic nitrogens is 1. The van der Waals surface area contributed by atoms with E-state index in [4.69, 9.17) is 19.7 Å². The van der Waals surface area contributed by atoms with E-state index in [0.717, 1.165) is 44.5 Å². The minimum atomic E-state index is -1.35. The number of fused-ring (bicyclic) bond motifs is 1. The number of ether oxygens (including phenoxy) is 1. The third-order valence-corrected chi connectivity index (χ3v) is 17.3. The number of carbonyl (C=O) groups is 3. The molecule has 2 amide bonds. The number of rotatable bonds is 19. The van der Waals surface area contributed by atoms with Gasteiger partial charge in [-0.2, -0.15) is 0 Å². The van der Waals surface area contributed by atoms with E-state index in [9.17, 15) is 9.59 Å². The van der Waals surface area contributed by atoms with Gasteiger partial charge in [0.25, 0.3) is 5.91 Å². The zero-order valence-corrected chi connectivity index (χ0v) is 46.5. The van der Waals surface area contributed by atoms with Crippen molar-refractivity contribution in [2.45, 2.75) is 28.7 Å². The lowest BCUT2D eigenvalue weighted by atomic mass is 9.77. The standard InChI is InChI=1S/C66H54IN5O5S2/c67-43-25-42-64(62(75)76-58(47-26-9-1-10-27-47)48-28-11-2-12-29-48)45-72-60(74)57(61(72)79-46-64)69-59(73)56(71-77-66(52-36-19-6-20-37-52,53-38-21-7-22-39-53)54-40-23-8-24-41-54)55-44-78-63(68-55)70-65(49-30-13-3-14-31-49,50-32-15-4-16-33-50)51-34-17-5-18-35-51/h1-42,44,57-58,61H,43,45-46H2,(H,68,70)(H,69,73)/t57?,61-,64?/m1/s1. The highest BCUT2D eigenvalue weighted by molar-refractivity contribution is 14.1. The number of carbonyl (C=O) groups excluding carboxylic acids is 3. The number of alkyl halides is 1. The molecular formula is C66H54IN5O5S2. The molecule has 0 spiro atoms. The van der Waals surface area contributed by atoms with Crippen LogP contribution in [0, 0.1) is 5.41 Å². The molecule has 2 unspecified atom stereocenters. The molecule has 11 rings (SSSR count). The molecule has 10 nitrogen and oxygen atoms in total. The van der Waals surface area contributed by atoms with Gasteiger partial charge in [-0.1, -0.05) is 283 Å². The number of allylic oxidation sites excluding steroid dienone is 1. The van der Waals surface area contributed by atoms with Crippen LogP contribution in [0.2, 0.25) is 0 Å². The van der Waals surface area contributed by atoms with Crippen molar-refractivity contribution in [1.29, 1.82) is 0 Å². The van der Waals surface area contributed by atoms with Crippen molar-refractivity contribution >= 4 is 74.3 Å². The summed E-state index contributed by atoms with van der Waals surface area (Å²) in [6, 6.07) is 78.4. The summed E-state index contributed by atoms with van der Waals surface area (Å²) in [4.78, 5) is 58.5. The summed E-state index contributed by atoms with van der Waals surface area (Å²) in [5.41, 5.74) is 3.59. The first-order valence-electron chi connectivity index (χ1n) is 25.9. The highest BCUT2D eigenvalue weighted by atomic mass is 127. The Morgan fingerprint density at radius 3 is 1.53 bits per heavy atom. The third kappa shape index (κ3) is 10.7. The first-order chi connectivity index (χ1) is 38.8. The van der Waals surface area contributed by atoms with Crippen molar-refractivity contribution in [2.24, 2.45) is 10.6 Å². The number of hydrogen-bond donors (Lipinski definition) is 2. The molecule has 79 heavy (non-hydrogen) atoms. The number of oxime groups is 1. The van der Waals surface area contributed by atoms with Crippen molar-refractivity contribution in [1.82, 2.24) is 15.2 Å². The summed E-state index contributed by atoms with van der Waals surface area (Å²) in [6.07, 6.45) is 3.16. The molecular weight excluding hydrogens is 1130 g/mol. The molecule has 2 aliphatic rings. The lowest BCUT2D eigenvalue weighted by Crippen LogP contribution is -2.74. The highest BCUT2D eigenvalue weighted by Gasteiger charge is 2.58. The van der Waals surface area contributed by atoms with Crippen LogP contribution in [-0.2, 0) is 35.1 Å². The van der Waals surface area contributed by atoms with E-state index < -0.39 is 46.0 Å².